The quantitative estimate of drug-likeness (QED) is 0.561. The lowest BCUT2D eigenvalue weighted by atomic mass is 9.88. The molecule has 7 nitrogen and oxygen atoms in total. The molecule has 0 aromatic heterocycles. The third-order valence-electron chi connectivity index (χ3n) is 6.14. The van der Waals surface area contributed by atoms with Crippen LogP contribution in [0.3, 0.4) is 0 Å². The Bertz CT molecular complexity index is 998. The maximum Gasteiger partial charge on any atom is 0.407 e. The molecule has 1 unspecified atom stereocenters. The van der Waals surface area contributed by atoms with Gasteiger partial charge in [-0.15, -0.1) is 0 Å². The molecule has 34 heavy (non-hydrogen) atoms. The number of carboxylic acids is 1. The SMILES string of the molecule is CCN(CC(=O)O)C(=O)C(CCC(C)(C)C)NC(=O)OCC1c2ccccc2-c2ccccc21. The molecule has 0 heterocycles. The third kappa shape index (κ3) is 6.16. The second kappa shape index (κ2) is 10.7. The topological polar surface area (TPSA) is 95.9 Å². The Morgan fingerprint density at radius 2 is 1.59 bits per heavy atom. The minimum absolute atomic E-state index is 0.0504. The van der Waals surface area contributed by atoms with E-state index in [0.717, 1.165) is 22.3 Å². The van der Waals surface area contributed by atoms with Gasteiger partial charge in [0.25, 0.3) is 0 Å². The number of amides is 2. The molecular weight excluding hydrogens is 432 g/mol. The molecule has 7 heteroatoms. The standard InChI is InChI=1S/C27H34N2O5/c1-5-29(16-24(30)31)25(32)23(14-15-27(2,3)4)28-26(33)34-17-22-20-12-8-6-10-18(20)19-11-7-9-13-21(19)22/h6-13,22-23H,5,14-17H2,1-4H3,(H,28,33)(H,30,31). The molecule has 0 aliphatic heterocycles. The van der Waals surface area contributed by atoms with Crippen molar-refractivity contribution in [3.8, 4) is 11.1 Å². The van der Waals surface area contributed by atoms with E-state index in [2.05, 4.69) is 38.2 Å². The van der Waals surface area contributed by atoms with Gasteiger partial charge in [0.05, 0.1) is 0 Å². The van der Waals surface area contributed by atoms with Gasteiger partial charge in [0, 0.05) is 12.5 Å². The minimum atomic E-state index is -1.09. The Balaban J connectivity index is 1.70. The highest BCUT2D eigenvalue weighted by Gasteiger charge is 2.31. The summed E-state index contributed by atoms with van der Waals surface area (Å²) in [6.45, 7) is 7.85. The molecule has 0 saturated heterocycles. The number of hydrogen-bond acceptors (Lipinski definition) is 4. The number of alkyl carbamates (subject to hydrolysis) is 1. The first kappa shape index (κ1) is 25.3. The summed E-state index contributed by atoms with van der Waals surface area (Å²) in [4.78, 5) is 38.2. The van der Waals surface area contributed by atoms with Crippen molar-refractivity contribution in [2.75, 3.05) is 19.7 Å². The molecule has 0 saturated carbocycles. The number of ether oxygens (including phenoxy) is 1. The van der Waals surface area contributed by atoms with Gasteiger partial charge in [-0.2, -0.15) is 0 Å². The number of carbonyl (C=O) groups excluding carboxylic acids is 2. The molecule has 0 fully saturated rings. The van der Waals surface area contributed by atoms with Crippen molar-refractivity contribution >= 4 is 18.0 Å². The van der Waals surface area contributed by atoms with Crippen molar-refractivity contribution in [1.29, 1.82) is 0 Å². The second-order valence-electron chi connectivity index (χ2n) is 9.87. The number of carbonyl (C=O) groups is 3. The fourth-order valence-corrected chi connectivity index (χ4v) is 4.35. The molecule has 182 valence electrons. The van der Waals surface area contributed by atoms with E-state index in [1.807, 2.05) is 36.4 Å². The minimum Gasteiger partial charge on any atom is -0.480 e. The van der Waals surface area contributed by atoms with Crippen LogP contribution in [0.4, 0.5) is 4.79 Å². The van der Waals surface area contributed by atoms with Crippen LogP contribution in [0.15, 0.2) is 48.5 Å². The average molecular weight is 467 g/mol. The van der Waals surface area contributed by atoms with E-state index < -0.39 is 30.6 Å². The molecule has 2 aromatic rings. The van der Waals surface area contributed by atoms with Gasteiger partial charge in [-0.25, -0.2) is 4.79 Å². The highest BCUT2D eigenvalue weighted by Crippen LogP contribution is 2.44. The van der Waals surface area contributed by atoms with Crippen LogP contribution in [0.25, 0.3) is 11.1 Å². The number of hydrogen-bond donors (Lipinski definition) is 2. The number of likely N-dealkylation sites (N-methyl/N-ethyl adjacent to an activating group) is 1. The summed E-state index contributed by atoms with van der Waals surface area (Å²) < 4.78 is 5.61. The monoisotopic (exact) mass is 466 g/mol. The lowest BCUT2D eigenvalue weighted by Gasteiger charge is -2.28. The molecule has 3 rings (SSSR count). The molecule has 1 atom stereocenters. The zero-order chi connectivity index (χ0) is 24.9. The molecule has 2 N–H and O–H groups in total. The number of nitrogens with one attached hydrogen (secondary N) is 1. The number of carboxylic acid groups (broad SMARTS) is 1. The molecule has 0 bridgehead atoms. The van der Waals surface area contributed by atoms with E-state index in [9.17, 15) is 14.4 Å². The van der Waals surface area contributed by atoms with Crippen molar-refractivity contribution in [2.24, 2.45) is 5.41 Å². The first-order valence-electron chi connectivity index (χ1n) is 11.7. The van der Waals surface area contributed by atoms with E-state index in [1.54, 1.807) is 6.92 Å². The van der Waals surface area contributed by atoms with Gasteiger partial charge >= 0.3 is 12.1 Å². The lowest BCUT2D eigenvalue weighted by molar-refractivity contribution is -0.145. The number of aliphatic carboxylic acids is 1. The second-order valence-corrected chi connectivity index (χ2v) is 9.87. The molecule has 0 radical (unpaired) electrons. The molecule has 0 spiro atoms. The first-order valence-corrected chi connectivity index (χ1v) is 11.7. The van der Waals surface area contributed by atoms with E-state index in [4.69, 9.17) is 9.84 Å². The van der Waals surface area contributed by atoms with Crippen LogP contribution in [-0.4, -0.2) is 53.7 Å². The van der Waals surface area contributed by atoms with E-state index in [-0.39, 0.29) is 24.5 Å². The Hall–Kier alpha value is -3.35. The number of rotatable bonds is 9. The van der Waals surface area contributed by atoms with Crippen molar-refractivity contribution < 1.29 is 24.2 Å². The van der Waals surface area contributed by atoms with Crippen LogP contribution in [0.5, 0.6) is 0 Å². The largest absolute Gasteiger partial charge is 0.480 e. The Labute approximate surface area is 201 Å². The fourth-order valence-electron chi connectivity index (χ4n) is 4.35. The average Bonchev–Trinajstić information content (AvgIpc) is 3.11. The Morgan fingerprint density at radius 3 is 2.09 bits per heavy atom. The zero-order valence-corrected chi connectivity index (χ0v) is 20.3. The fraction of sp³-hybridized carbons (Fsp3) is 0.444. The molecule has 1 aliphatic carbocycles. The number of fused-ring (bicyclic) bond motifs is 3. The van der Waals surface area contributed by atoms with Gasteiger partial charge in [0.2, 0.25) is 5.91 Å². The van der Waals surface area contributed by atoms with Gasteiger partial charge in [-0.1, -0.05) is 69.3 Å². The molecule has 2 amide bonds. The van der Waals surface area contributed by atoms with Crippen LogP contribution < -0.4 is 5.32 Å². The number of benzene rings is 2. The molecular formula is C27H34N2O5. The summed E-state index contributed by atoms with van der Waals surface area (Å²) in [6.07, 6.45) is 0.390. The number of nitrogens with zero attached hydrogens (tertiary/aromatic N) is 1. The Kier molecular flexibility index (Phi) is 7.97. The molecule has 2 aromatic carbocycles. The summed E-state index contributed by atoms with van der Waals surface area (Å²) in [6, 6.07) is 15.3. The van der Waals surface area contributed by atoms with Crippen LogP contribution in [0.2, 0.25) is 0 Å². The van der Waals surface area contributed by atoms with E-state index in [1.165, 1.54) is 4.90 Å². The van der Waals surface area contributed by atoms with Gasteiger partial charge < -0.3 is 20.1 Å². The van der Waals surface area contributed by atoms with Crippen LogP contribution >= 0.6 is 0 Å². The third-order valence-corrected chi connectivity index (χ3v) is 6.14. The highest BCUT2D eigenvalue weighted by atomic mass is 16.5. The summed E-state index contributed by atoms with van der Waals surface area (Å²) in [5.41, 5.74) is 4.44. The maximum atomic E-state index is 13.0. The highest BCUT2D eigenvalue weighted by molar-refractivity contribution is 5.88. The summed E-state index contributed by atoms with van der Waals surface area (Å²) >= 11 is 0. The van der Waals surface area contributed by atoms with Crippen LogP contribution in [-0.2, 0) is 14.3 Å². The lowest BCUT2D eigenvalue weighted by Crippen LogP contribution is -2.50. The first-order chi connectivity index (χ1) is 16.1. The van der Waals surface area contributed by atoms with Gasteiger partial charge in [0.15, 0.2) is 0 Å². The van der Waals surface area contributed by atoms with Crippen molar-refractivity contribution in [3.05, 3.63) is 59.7 Å². The summed E-state index contributed by atoms with van der Waals surface area (Å²) in [7, 11) is 0. The summed E-state index contributed by atoms with van der Waals surface area (Å²) in [5.74, 6) is -1.59. The van der Waals surface area contributed by atoms with E-state index in [0.29, 0.717) is 12.8 Å². The maximum absolute atomic E-state index is 13.0. The summed E-state index contributed by atoms with van der Waals surface area (Å²) in [5, 5.41) is 11.9. The van der Waals surface area contributed by atoms with Crippen molar-refractivity contribution in [2.45, 2.75) is 52.5 Å². The van der Waals surface area contributed by atoms with E-state index >= 15 is 0 Å². The predicted molar refractivity (Wildman–Crippen MR) is 131 cm³/mol. The van der Waals surface area contributed by atoms with Crippen molar-refractivity contribution in [3.63, 3.8) is 0 Å². The van der Waals surface area contributed by atoms with Gasteiger partial charge in [-0.05, 0) is 47.4 Å². The van der Waals surface area contributed by atoms with Gasteiger partial charge in [-0.3, -0.25) is 9.59 Å². The van der Waals surface area contributed by atoms with Gasteiger partial charge in [0.1, 0.15) is 19.2 Å². The van der Waals surface area contributed by atoms with Crippen LogP contribution in [0.1, 0.15) is 57.6 Å². The zero-order valence-electron chi connectivity index (χ0n) is 20.3. The molecule has 1 aliphatic rings. The predicted octanol–water partition coefficient (Wildman–Crippen LogP) is 4.65. The van der Waals surface area contributed by atoms with Crippen LogP contribution in [0, 0.1) is 5.41 Å². The smallest absolute Gasteiger partial charge is 0.407 e. The normalized spacial score (nSPS) is 13.5. The van der Waals surface area contributed by atoms with Crippen molar-refractivity contribution in [1.82, 2.24) is 10.2 Å². The Morgan fingerprint density at radius 1 is 1.03 bits per heavy atom.